The van der Waals surface area contributed by atoms with Crippen LogP contribution in [0.1, 0.15) is 11.1 Å². The topological polar surface area (TPSA) is 74.2 Å². The molecule has 0 saturated heterocycles. The van der Waals surface area contributed by atoms with Crippen LogP contribution in [0.4, 0.5) is 14.9 Å². The molecular formula is C16H14FN3O2. The fraction of sp³-hybridized carbons (Fsp3) is 0.125. The van der Waals surface area contributed by atoms with Crippen LogP contribution in [0.3, 0.4) is 0 Å². The number of carbonyl (C=O) groups is 1. The van der Waals surface area contributed by atoms with E-state index in [0.29, 0.717) is 5.75 Å². The van der Waals surface area contributed by atoms with Crippen molar-refractivity contribution in [1.29, 1.82) is 5.26 Å². The molecular weight excluding hydrogens is 285 g/mol. The second-order valence-electron chi connectivity index (χ2n) is 4.42. The van der Waals surface area contributed by atoms with Gasteiger partial charge in [0.1, 0.15) is 17.6 Å². The Morgan fingerprint density at radius 1 is 1.32 bits per heavy atom. The number of methoxy groups -OCH3 is 1. The number of nitriles is 1. The first-order valence-electron chi connectivity index (χ1n) is 6.50. The Morgan fingerprint density at radius 3 is 2.82 bits per heavy atom. The van der Waals surface area contributed by atoms with Crippen LogP contribution in [0.2, 0.25) is 0 Å². The van der Waals surface area contributed by atoms with Gasteiger partial charge in [0.05, 0.1) is 18.4 Å². The largest absolute Gasteiger partial charge is 0.496 e. The second-order valence-corrected chi connectivity index (χ2v) is 4.42. The lowest BCUT2D eigenvalue weighted by Gasteiger charge is -2.11. The molecule has 2 N–H and O–H groups in total. The van der Waals surface area contributed by atoms with E-state index >= 15 is 0 Å². The Balaban J connectivity index is 2.01. The SMILES string of the molecule is COc1ccccc1CNC(=O)Nc1ccc(F)cc1C#N. The van der Waals surface area contributed by atoms with Crippen molar-refractivity contribution in [2.45, 2.75) is 6.54 Å². The average Bonchev–Trinajstić information content (AvgIpc) is 2.54. The number of rotatable bonds is 4. The molecule has 0 aliphatic heterocycles. The number of amides is 2. The standard InChI is InChI=1S/C16H14FN3O2/c1-22-15-5-3-2-4-11(15)10-19-16(21)20-14-7-6-13(17)8-12(14)9-18/h2-8H,10H2,1H3,(H2,19,20,21). The molecule has 0 atom stereocenters. The van der Waals surface area contributed by atoms with E-state index in [1.807, 2.05) is 24.3 Å². The number of urea groups is 1. The molecule has 0 saturated carbocycles. The molecule has 2 aromatic rings. The van der Waals surface area contributed by atoms with E-state index in [1.165, 1.54) is 12.1 Å². The Kier molecular flexibility index (Phi) is 4.94. The maximum Gasteiger partial charge on any atom is 0.319 e. The lowest BCUT2D eigenvalue weighted by molar-refractivity contribution is 0.251. The van der Waals surface area contributed by atoms with Gasteiger partial charge in [-0.15, -0.1) is 0 Å². The first kappa shape index (κ1) is 15.3. The molecule has 0 fully saturated rings. The summed E-state index contributed by atoms with van der Waals surface area (Å²) >= 11 is 0. The average molecular weight is 299 g/mol. The van der Waals surface area contributed by atoms with E-state index in [2.05, 4.69) is 10.6 Å². The molecule has 0 radical (unpaired) electrons. The van der Waals surface area contributed by atoms with Gasteiger partial charge in [-0.2, -0.15) is 5.26 Å². The highest BCUT2D eigenvalue weighted by Crippen LogP contribution is 2.18. The van der Waals surface area contributed by atoms with Crippen molar-refractivity contribution in [3.63, 3.8) is 0 Å². The number of para-hydroxylation sites is 1. The van der Waals surface area contributed by atoms with Crippen molar-refractivity contribution in [1.82, 2.24) is 5.32 Å². The monoisotopic (exact) mass is 299 g/mol. The summed E-state index contributed by atoms with van der Waals surface area (Å²) in [5.74, 6) is 0.138. The molecule has 0 spiro atoms. The highest BCUT2D eigenvalue weighted by molar-refractivity contribution is 5.90. The summed E-state index contributed by atoms with van der Waals surface area (Å²) in [4.78, 5) is 11.9. The van der Waals surface area contributed by atoms with Crippen molar-refractivity contribution >= 4 is 11.7 Å². The zero-order chi connectivity index (χ0) is 15.9. The maximum atomic E-state index is 13.0. The van der Waals surface area contributed by atoms with Crippen molar-refractivity contribution < 1.29 is 13.9 Å². The smallest absolute Gasteiger partial charge is 0.319 e. The molecule has 0 aromatic heterocycles. The zero-order valence-corrected chi connectivity index (χ0v) is 11.9. The molecule has 0 heterocycles. The van der Waals surface area contributed by atoms with Gasteiger partial charge in [0.2, 0.25) is 0 Å². The molecule has 0 bridgehead atoms. The zero-order valence-electron chi connectivity index (χ0n) is 11.9. The van der Waals surface area contributed by atoms with Crippen LogP contribution in [0.15, 0.2) is 42.5 Å². The Hall–Kier alpha value is -3.07. The van der Waals surface area contributed by atoms with Crippen LogP contribution < -0.4 is 15.4 Å². The fourth-order valence-corrected chi connectivity index (χ4v) is 1.91. The van der Waals surface area contributed by atoms with E-state index in [4.69, 9.17) is 10.00 Å². The van der Waals surface area contributed by atoms with Gasteiger partial charge < -0.3 is 15.4 Å². The van der Waals surface area contributed by atoms with E-state index < -0.39 is 11.8 Å². The number of ether oxygens (including phenoxy) is 1. The summed E-state index contributed by atoms with van der Waals surface area (Å²) in [5.41, 5.74) is 1.13. The van der Waals surface area contributed by atoms with Crippen molar-refractivity contribution in [2.24, 2.45) is 0 Å². The molecule has 0 unspecified atom stereocenters. The molecule has 0 aliphatic carbocycles. The molecule has 5 nitrogen and oxygen atoms in total. The van der Waals surface area contributed by atoms with Gasteiger partial charge in [0.25, 0.3) is 0 Å². The third kappa shape index (κ3) is 3.73. The van der Waals surface area contributed by atoms with Crippen LogP contribution in [0, 0.1) is 17.1 Å². The molecule has 0 aliphatic rings. The summed E-state index contributed by atoms with van der Waals surface area (Å²) in [6, 6.07) is 12.2. The normalized spacial score (nSPS) is 9.68. The predicted molar refractivity (Wildman–Crippen MR) is 80.0 cm³/mol. The molecule has 6 heteroatoms. The molecule has 2 aromatic carbocycles. The Morgan fingerprint density at radius 2 is 2.09 bits per heavy atom. The van der Waals surface area contributed by atoms with E-state index in [1.54, 1.807) is 13.2 Å². The van der Waals surface area contributed by atoms with Gasteiger partial charge in [-0.1, -0.05) is 18.2 Å². The number of benzene rings is 2. The number of hydrogen-bond acceptors (Lipinski definition) is 3. The van der Waals surface area contributed by atoms with Crippen LogP contribution in [0.25, 0.3) is 0 Å². The van der Waals surface area contributed by atoms with Crippen molar-refractivity contribution in [3.8, 4) is 11.8 Å². The van der Waals surface area contributed by atoms with Crippen LogP contribution >= 0.6 is 0 Å². The summed E-state index contributed by atoms with van der Waals surface area (Å²) < 4.78 is 18.2. The molecule has 22 heavy (non-hydrogen) atoms. The number of nitrogens with zero attached hydrogens (tertiary/aromatic N) is 1. The van der Waals surface area contributed by atoms with Crippen molar-refractivity contribution in [3.05, 3.63) is 59.4 Å². The van der Waals surface area contributed by atoms with Gasteiger partial charge in [-0.05, 0) is 24.3 Å². The molecule has 112 valence electrons. The van der Waals surface area contributed by atoms with E-state index in [-0.39, 0.29) is 17.8 Å². The summed E-state index contributed by atoms with van der Waals surface area (Å²) in [7, 11) is 1.55. The number of halogens is 1. The predicted octanol–water partition coefficient (Wildman–Crippen LogP) is 3.03. The summed E-state index contributed by atoms with van der Waals surface area (Å²) in [6.45, 7) is 0.263. The van der Waals surface area contributed by atoms with Crippen LogP contribution in [-0.4, -0.2) is 13.1 Å². The number of anilines is 1. The number of hydrogen-bond donors (Lipinski definition) is 2. The van der Waals surface area contributed by atoms with E-state index in [0.717, 1.165) is 11.6 Å². The summed E-state index contributed by atoms with van der Waals surface area (Å²) in [5, 5.41) is 14.1. The van der Waals surface area contributed by atoms with Gasteiger partial charge >= 0.3 is 6.03 Å². The minimum absolute atomic E-state index is 0.0624. The third-order valence-electron chi connectivity index (χ3n) is 2.98. The number of carbonyl (C=O) groups excluding carboxylic acids is 1. The van der Waals surface area contributed by atoms with Gasteiger partial charge in [-0.3, -0.25) is 0 Å². The second kappa shape index (κ2) is 7.09. The quantitative estimate of drug-likeness (QED) is 0.911. The fourth-order valence-electron chi connectivity index (χ4n) is 1.91. The van der Waals surface area contributed by atoms with Gasteiger partial charge in [0.15, 0.2) is 0 Å². The first-order chi connectivity index (χ1) is 10.6. The Labute approximate surface area is 127 Å². The van der Waals surface area contributed by atoms with Crippen LogP contribution in [0.5, 0.6) is 5.75 Å². The maximum absolute atomic E-state index is 13.0. The lowest BCUT2D eigenvalue weighted by atomic mass is 10.2. The lowest BCUT2D eigenvalue weighted by Crippen LogP contribution is -2.28. The van der Waals surface area contributed by atoms with Crippen molar-refractivity contribution in [2.75, 3.05) is 12.4 Å². The highest BCUT2D eigenvalue weighted by Gasteiger charge is 2.08. The minimum atomic E-state index is -0.531. The Bertz CT molecular complexity index is 726. The molecule has 2 amide bonds. The first-order valence-corrected chi connectivity index (χ1v) is 6.50. The minimum Gasteiger partial charge on any atom is -0.496 e. The summed E-state index contributed by atoms with van der Waals surface area (Å²) in [6.07, 6.45) is 0. The molecule has 2 rings (SSSR count). The van der Waals surface area contributed by atoms with Gasteiger partial charge in [-0.25, -0.2) is 9.18 Å². The van der Waals surface area contributed by atoms with Crippen LogP contribution in [-0.2, 0) is 6.54 Å². The van der Waals surface area contributed by atoms with Gasteiger partial charge in [0, 0.05) is 12.1 Å². The van der Waals surface area contributed by atoms with E-state index in [9.17, 15) is 9.18 Å². The number of nitrogens with one attached hydrogen (secondary N) is 2. The highest BCUT2D eigenvalue weighted by atomic mass is 19.1. The third-order valence-corrected chi connectivity index (χ3v) is 2.98.